The zero-order valence-electron chi connectivity index (χ0n) is 12.1. The third-order valence-corrected chi connectivity index (χ3v) is 4.46. The summed E-state index contributed by atoms with van der Waals surface area (Å²) in [5.41, 5.74) is 1.11. The van der Waals surface area contributed by atoms with E-state index in [4.69, 9.17) is 4.74 Å². The monoisotopic (exact) mass is 271 g/mol. The zero-order chi connectivity index (χ0) is 13.7. The van der Waals surface area contributed by atoms with Crippen molar-refractivity contribution in [2.24, 2.45) is 0 Å². The number of hydrogen-bond acceptors (Lipinski definition) is 4. The van der Waals surface area contributed by atoms with Crippen LogP contribution in [-0.2, 0) is 9.53 Å². The minimum atomic E-state index is -0.249. The molecule has 0 radical (unpaired) electrons. The smallest absolute Gasteiger partial charge is 0.332 e. The van der Waals surface area contributed by atoms with Gasteiger partial charge in [0.15, 0.2) is 0 Å². The third-order valence-electron chi connectivity index (χ3n) is 3.33. The second-order valence-corrected chi connectivity index (χ2v) is 6.77. The van der Waals surface area contributed by atoms with Crippen molar-refractivity contribution in [1.29, 1.82) is 0 Å². The maximum atomic E-state index is 11.5. The van der Waals surface area contributed by atoms with Crippen LogP contribution in [0.1, 0.15) is 40.5 Å². The Balaban J connectivity index is 2.82. The van der Waals surface area contributed by atoms with Gasteiger partial charge in [0.1, 0.15) is 0 Å². The SMILES string of the molecule is COC(=O)/C=C(\CSC(C)C)N1[C@H](C)CC[C@H]1C. The van der Waals surface area contributed by atoms with Gasteiger partial charge < -0.3 is 9.64 Å². The van der Waals surface area contributed by atoms with E-state index in [0.717, 1.165) is 11.4 Å². The van der Waals surface area contributed by atoms with E-state index in [9.17, 15) is 4.79 Å². The summed E-state index contributed by atoms with van der Waals surface area (Å²) in [6.45, 7) is 8.82. The van der Waals surface area contributed by atoms with Crippen molar-refractivity contribution >= 4 is 17.7 Å². The molecule has 0 unspecified atom stereocenters. The summed E-state index contributed by atoms with van der Waals surface area (Å²) in [6, 6.07) is 1.03. The maximum absolute atomic E-state index is 11.5. The van der Waals surface area contributed by atoms with E-state index in [-0.39, 0.29) is 5.97 Å². The number of methoxy groups -OCH3 is 1. The summed E-state index contributed by atoms with van der Waals surface area (Å²) in [6.07, 6.45) is 4.06. The van der Waals surface area contributed by atoms with Crippen molar-refractivity contribution in [2.45, 2.75) is 57.9 Å². The highest BCUT2D eigenvalue weighted by Gasteiger charge is 2.29. The lowest BCUT2D eigenvalue weighted by atomic mass is 10.2. The predicted octanol–water partition coefficient (Wildman–Crippen LogP) is 3.06. The molecule has 1 saturated heterocycles. The van der Waals surface area contributed by atoms with Crippen molar-refractivity contribution in [3.63, 3.8) is 0 Å². The van der Waals surface area contributed by atoms with E-state index >= 15 is 0 Å². The Labute approximate surface area is 115 Å². The molecule has 0 saturated carbocycles. The molecule has 0 bridgehead atoms. The van der Waals surface area contributed by atoms with Crippen LogP contribution in [0, 0.1) is 0 Å². The number of hydrogen-bond donors (Lipinski definition) is 0. The van der Waals surface area contributed by atoms with Crippen LogP contribution in [0.2, 0.25) is 0 Å². The lowest BCUT2D eigenvalue weighted by Crippen LogP contribution is -2.33. The molecule has 1 fully saturated rings. The summed E-state index contributed by atoms with van der Waals surface area (Å²) >= 11 is 1.87. The van der Waals surface area contributed by atoms with Crippen LogP contribution in [0.25, 0.3) is 0 Å². The molecule has 0 aromatic rings. The Morgan fingerprint density at radius 1 is 1.39 bits per heavy atom. The summed E-state index contributed by atoms with van der Waals surface area (Å²) in [7, 11) is 1.43. The molecule has 0 aliphatic carbocycles. The van der Waals surface area contributed by atoms with Gasteiger partial charge in [0.2, 0.25) is 0 Å². The van der Waals surface area contributed by atoms with Gasteiger partial charge in [-0.1, -0.05) is 13.8 Å². The molecular formula is C14H25NO2S. The first-order valence-corrected chi connectivity index (χ1v) is 7.69. The molecule has 0 N–H and O–H groups in total. The molecule has 1 aliphatic heterocycles. The largest absolute Gasteiger partial charge is 0.466 e. The van der Waals surface area contributed by atoms with E-state index in [1.165, 1.54) is 20.0 Å². The number of thioether (sulfide) groups is 1. The highest BCUT2D eigenvalue weighted by Crippen LogP contribution is 2.30. The van der Waals surface area contributed by atoms with E-state index in [1.807, 2.05) is 11.8 Å². The molecular weight excluding hydrogens is 246 g/mol. The summed E-state index contributed by atoms with van der Waals surface area (Å²) < 4.78 is 4.77. The average molecular weight is 271 g/mol. The second kappa shape index (κ2) is 7.07. The van der Waals surface area contributed by atoms with Crippen LogP contribution < -0.4 is 0 Å². The van der Waals surface area contributed by atoms with Gasteiger partial charge >= 0.3 is 5.97 Å². The van der Waals surface area contributed by atoms with Crippen molar-refractivity contribution < 1.29 is 9.53 Å². The second-order valence-electron chi connectivity index (χ2n) is 5.20. The number of nitrogens with zero attached hydrogens (tertiary/aromatic N) is 1. The molecule has 3 nitrogen and oxygen atoms in total. The summed E-state index contributed by atoms with van der Waals surface area (Å²) in [5, 5.41) is 0.569. The molecule has 104 valence electrons. The number of carbonyl (C=O) groups excluding carboxylic acids is 1. The van der Waals surface area contributed by atoms with Crippen molar-refractivity contribution in [1.82, 2.24) is 4.90 Å². The first-order valence-electron chi connectivity index (χ1n) is 6.64. The van der Waals surface area contributed by atoms with Crippen molar-refractivity contribution in [2.75, 3.05) is 12.9 Å². The van der Waals surface area contributed by atoms with Gasteiger partial charge in [-0.3, -0.25) is 0 Å². The Morgan fingerprint density at radius 3 is 2.39 bits per heavy atom. The normalized spacial score (nSPS) is 24.8. The van der Waals surface area contributed by atoms with Crippen molar-refractivity contribution in [3.05, 3.63) is 11.8 Å². The highest BCUT2D eigenvalue weighted by atomic mass is 32.2. The van der Waals surface area contributed by atoms with Crippen molar-refractivity contribution in [3.8, 4) is 0 Å². The number of esters is 1. The first kappa shape index (κ1) is 15.4. The third kappa shape index (κ3) is 4.23. The molecule has 0 aromatic carbocycles. The van der Waals surface area contributed by atoms with E-state index in [1.54, 1.807) is 6.08 Å². The minimum Gasteiger partial charge on any atom is -0.466 e. The van der Waals surface area contributed by atoms with Crippen LogP contribution in [0.3, 0.4) is 0 Å². The zero-order valence-corrected chi connectivity index (χ0v) is 12.9. The van der Waals surface area contributed by atoms with Gasteiger partial charge in [0, 0.05) is 29.6 Å². The molecule has 1 heterocycles. The molecule has 0 spiro atoms. The number of rotatable bonds is 5. The van der Waals surface area contributed by atoms with Gasteiger partial charge in [-0.05, 0) is 31.9 Å². The van der Waals surface area contributed by atoms with Gasteiger partial charge in [-0.2, -0.15) is 11.8 Å². The van der Waals surface area contributed by atoms with Gasteiger partial charge in [-0.25, -0.2) is 4.79 Å². The Kier molecular flexibility index (Phi) is 6.06. The number of carbonyl (C=O) groups is 1. The Hall–Kier alpha value is -0.640. The van der Waals surface area contributed by atoms with Crippen LogP contribution in [0.4, 0.5) is 0 Å². The number of ether oxygens (including phenoxy) is 1. The van der Waals surface area contributed by atoms with Gasteiger partial charge in [0.05, 0.1) is 7.11 Å². The Morgan fingerprint density at radius 2 is 1.94 bits per heavy atom. The number of likely N-dealkylation sites (tertiary alicyclic amines) is 1. The van der Waals surface area contributed by atoms with Crippen LogP contribution in [0.15, 0.2) is 11.8 Å². The molecule has 4 heteroatoms. The summed E-state index contributed by atoms with van der Waals surface area (Å²) in [5.74, 6) is 0.627. The quantitative estimate of drug-likeness (QED) is 0.568. The Bertz CT molecular complexity index is 305. The predicted molar refractivity (Wildman–Crippen MR) is 77.7 cm³/mol. The van der Waals surface area contributed by atoms with E-state index < -0.39 is 0 Å². The topological polar surface area (TPSA) is 29.5 Å². The lowest BCUT2D eigenvalue weighted by Gasteiger charge is -2.31. The van der Waals surface area contributed by atoms with E-state index in [0.29, 0.717) is 17.3 Å². The fourth-order valence-electron chi connectivity index (χ4n) is 2.40. The molecule has 2 atom stereocenters. The van der Waals surface area contributed by atoms with Gasteiger partial charge in [0.25, 0.3) is 0 Å². The summed E-state index contributed by atoms with van der Waals surface area (Å²) in [4.78, 5) is 13.9. The van der Waals surface area contributed by atoms with E-state index in [2.05, 4.69) is 32.6 Å². The minimum absolute atomic E-state index is 0.249. The molecule has 1 rings (SSSR count). The standard InChI is InChI=1S/C14H25NO2S/c1-10(2)18-9-13(8-14(16)17-5)15-11(3)6-7-12(15)4/h8,10-12H,6-7,9H2,1-5H3/b13-8+/t11-,12-/m1/s1. The van der Waals surface area contributed by atoms with Gasteiger partial charge in [-0.15, -0.1) is 0 Å². The molecule has 0 amide bonds. The highest BCUT2D eigenvalue weighted by molar-refractivity contribution is 8.00. The lowest BCUT2D eigenvalue weighted by molar-refractivity contribution is -0.135. The first-order chi connectivity index (χ1) is 8.45. The maximum Gasteiger partial charge on any atom is 0.332 e. The molecule has 0 aromatic heterocycles. The molecule has 18 heavy (non-hydrogen) atoms. The average Bonchev–Trinajstić information content (AvgIpc) is 2.64. The fourth-order valence-corrected chi connectivity index (χ4v) is 3.14. The van der Waals surface area contributed by atoms with Crippen LogP contribution >= 0.6 is 11.8 Å². The fraction of sp³-hybridized carbons (Fsp3) is 0.786. The van der Waals surface area contributed by atoms with Crippen LogP contribution in [-0.4, -0.2) is 41.1 Å². The van der Waals surface area contributed by atoms with Crippen LogP contribution in [0.5, 0.6) is 0 Å². The molecule has 1 aliphatic rings.